The Morgan fingerprint density at radius 2 is 1.44 bits per heavy atom. The molecule has 6 nitrogen and oxygen atoms in total. The molecule has 1 aliphatic rings. The minimum absolute atomic E-state index is 0.278. The maximum absolute atomic E-state index is 13.1. The van der Waals surface area contributed by atoms with Crippen molar-refractivity contribution in [1.29, 1.82) is 0 Å². The summed E-state index contributed by atoms with van der Waals surface area (Å²) in [6.07, 6.45) is 0. The highest BCUT2D eigenvalue weighted by Crippen LogP contribution is 2.43. The van der Waals surface area contributed by atoms with Crippen LogP contribution in [0.2, 0.25) is 0 Å². The molecule has 0 aliphatic carbocycles. The molecule has 1 heterocycles. The summed E-state index contributed by atoms with van der Waals surface area (Å²) in [5.74, 6) is -3.97. The lowest BCUT2D eigenvalue weighted by molar-refractivity contribution is -0.158. The third-order valence-corrected chi connectivity index (χ3v) is 4.85. The highest BCUT2D eigenvalue weighted by molar-refractivity contribution is 6.04. The Labute approximate surface area is 157 Å². The number of carbonyl (C=O) groups excluding carboxylic acids is 3. The molecule has 0 unspecified atom stereocenters. The van der Waals surface area contributed by atoms with Gasteiger partial charge in [-0.2, -0.15) is 0 Å². The van der Waals surface area contributed by atoms with E-state index in [1.807, 2.05) is 60.7 Å². The molecule has 0 bridgehead atoms. The second-order valence-corrected chi connectivity index (χ2v) is 6.36. The summed E-state index contributed by atoms with van der Waals surface area (Å²) in [6, 6.07) is 18.0. The minimum atomic E-state index is -1.23. The molecule has 0 aromatic heterocycles. The average molecular weight is 367 g/mol. The first-order chi connectivity index (χ1) is 13.1. The lowest BCUT2D eigenvalue weighted by atomic mass is 9.86. The van der Waals surface area contributed by atoms with Crippen LogP contribution in [-0.4, -0.2) is 37.0 Å². The summed E-state index contributed by atoms with van der Waals surface area (Å²) in [6.45, 7) is 0.278. The number of rotatable bonds is 5. The Kier molecular flexibility index (Phi) is 5.54. The van der Waals surface area contributed by atoms with Crippen molar-refractivity contribution in [2.45, 2.75) is 12.6 Å². The fourth-order valence-electron chi connectivity index (χ4n) is 3.61. The van der Waals surface area contributed by atoms with Crippen molar-refractivity contribution in [3.05, 3.63) is 71.8 Å². The molecule has 0 radical (unpaired) electrons. The van der Waals surface area contributed by atoms with E-state index in [9.17, 15) is 14.4 Å². The van der Waals surface area contributed by atoms with Crippen molar-refractivity contribution in [3.63, 3.8) is 0 Å². The van der Waals surface area contributed by atoms with E-state index >= 15 is 0 Å². The van der Waals surface area contributed by atoms with Crippen LogP contribution in [-0.2, 0) is 30.4 Å². The highest BCUT2D eigenvalue weighted by atomic mass is 16.5. The van der Waals surface area contributed by atoms with Crippen LogP contribution < -0.4 is 0 Å². The van der Waals surface area contributed by atoms with Gasteiger partial charge >= 0.3 is 11.9 Å². The Morgan fingerprint density at radius 3 is 2.00 bits per heavy atom. The predicted molar refractivity (Wildman–Crippen MR) is 97.2 cm³/mol. The number of carbonyl (C=O) groups is 3. The molecule has 1 saturated heterocycles. The Hall–Kier alpha value is -3.15. The molecule has 27 heavy (non-hydrogen) atoms. The van der Waals surface area contributed by atoms with Crippen LogP contribution in [0.3, 0.4) is 0 Å². The van der Waals surface area contributed by atoms with Crippen LogP contribution in [0.1, 0.15) is 17.2 Å². The van der Waals surface area contributed by atoms with E-state index in [4.69, 9.17) is 9.47 Å². The quantitative estimate of drug-likeness (QED) is 0.599. The molecule has 2 aromatic carbocycles. The van der Waals surface area contributed by atoms with Gasteiger partial charge in [-0.1, -0.05) is 60.7 Å². The summed E-state index contributed by atoms with van der Waals surface area (Å²) >= 11 is 0. The van der Waals surface area contributed by atoms with Crippen LogP contribution in [0.25, 0.3) is 0 Å². The second kappa shape index (κ2) is 8.03. The summed E-state index contributed by atoms with van der Waals surface area (Å²) in [5, 5.41) is 0. The van der Waals surface area contributed by atoms with Crippen molar-refractivity contribution in [1.82, 2.24) is 4.90 Å². The van der Waals surface area contributed by atoms with E-state index in [2.05, 4.69) is 0 Å². The van der Waals surface area contributed by atoms with Gasteiger partial charge in [0.15, 0.2) is 5.92 Å². The zero-order chi connectivity index (χ0) is 19.4. The number of likely N-dealkylation sites (tertiary alicyclic amines) is 1. The maximum Gasteiger partial charge on any atom is 0.319 e. The first kappa shape index (κ1) is 18.6. The number of methoxy groups -OCH3 is 2. The van der Waals surface area contributed by atoms with Crippen LogP contribution in [0.5, 0.6) is 0 Å². The lowest BCUT2D eigenvalue weighted by Crippen LogP contribution is -2.33. The van der Waals surface area contributed by atoms with E-state index in [0.29, 0.717) is 0 Å². The Morgan fingerprint density at radius 1 is 0.889 bits per heavy atom. The van der Waals surface area contributed by atoms with Crippen molar-refractivity contribution in [2.24, 2.45) is 11.8 Å². The van der Waals surface area contributed by atoms with Crippen LogP contribution in [0, 0.1) is 11.8 Å². The highest BCUT2D eigenvalue weighted by Gasteiger charge is 2.56. The molecule has 0 saturated carbocycles. The van der Waals surface area contributed by atoms with Gasteiger partial charge in [-0.15, -0.1) is 0 Å². The average Bonchev–Trinajstić information content (AvgIpc) is 3.00. The number of benzene rings is 2. The van der Waals surface area contributed by atoms with Gasteiger partial charge in [-0.25, -0.2) is 0 Å². The zero-order valence-electron chi connectivity index (χ0n) is 15.2. The van der Waals surface area contributed by atoms with Crippen molar-refractivity contribution in [3.8, 4) is 0 Å². The number of hydrogen-bond acceptors (Lipinski definition) is 5. The van der Waals surface area contributed by atoms with Crippen LogP contribution in [0.15, 0.2) is 60.7 Å². The number of ether oxygens (including phenoxy) is 2. The molecule has 3 atom stereocenters. The van der Waals surface area contributed by atoms with Crippen molar-refractivity contribution < 1.29 is 23.9 Å². The van der Waals surface area contributed by atoms with E-state index in [1.54, 1.807) is 4.90 Å². The molecule has 0 spiro atoms. The molecular weight excluding hydrogens is 346 g/mol. The van der Waals surface area contributed by atoms with Gasteiger partial charge in [0.1, 0.15) is 5.92 Å². The molecule has 6 heteroatoms. The maximum atomic E-state index is 13.1. The molecule has 1 fully saturated rings. The molecular formula is C21H21NO5. The fourth-order valence-corrected chi connectivity index (χ4v) is 3.61. The number of hydrogen-bond donors (Lipinski definition) is 0. The Bertz CT molecular complexity index is 821. The smallest absolute Gasteiger partial charge is 0.319 e. The molecule has 2 aromatic rings. The first-order valence-corrected chi connectivity index (χ1v) is 8.63. The van der Waals surface area contributed by atoms with Crippen LogP contribution >= 0.6 is 0 Å². The largest absolute Gasteiger partial charge is 0.469 e. The van der Waals surface area contributed by atoms with Crippen molar-refractivity contribution >= 4 is 17.8 Å². The van der Waals surface area contributed by atoms with Gasteiger partial charge in [0.25, 0.3) is 0 Å². The second-order valence-electron chi connectivity index (χ2n) is 6.36. The third kappa shape index (κ3) is 3.56. The lowest BCUT2D eigenvalue weighted by Gasteiger charge is -2.27. The normalized spacial score (nSPS) is 21.8. The minimum Gasteiger partial charge on any atom is -0.469 e. The van der Waals surface area contributed by atoms with E-state index in [1.165, 1.54) is 14.2 Å². The fraction of sp³-hybridized carbons (Fsp3) is 0.286. The van der Waals surface area contributed by atoms with Gasteiger partial charge in [0.05, 0.1) is 20.3 Å². The van der Waals surface area contributed by atoms with Gasteiger partial charge in [0.2, 0.25) is 5.91 Å². The third-order valence-electron chi connectivity index (χ3n) is 4.85. The van der Waals surface area contributed by atoms with Crippen molar-refractivity contribution in [2.75, 3.05) is 14.2 Å². The molecule has 140 valence electrons. The van der Waals surface area contributed by atoms with Crippen LogP contribution in [0.4, 0.5) is 0 Å². The monoisotopic (exact) mass is 367 g/mol. The summed E-state index contributed by atoms with van der Waals surface area (Å²) in [4.78, 5) is 39.6. The Balaban J connectivity index is 2.09. The first-order valence-electron chi connectivity index (χ1n) is 8.63. The zero-order valence-corrected chi connectivity index (χ0v) is 15.2. The predicted octanol–water partition coefficient (Wildman–Crippen LogP) is 2.35. The molecule has 1 amide bonds. The van der Waals surface area contributed by atoms with Gasteiger partial charge in [-0.05, 0) is 11.1 Å². The topological polar surface area (TPSA) is 72.9 Å². The van der Waals surface area contributed by atoms with E-state index < -0.39 is 35.7 Å². The number of amides is 1. The van der Waals surface area contributed by atoms with Gasteiger partial charge in [0, 0.05) is 6.54 Å². The number of nitrogens with zero attached hydrogens (tertiary/aromatic N) is 1. The standard InChI is InChI=1S/C21H21NO5/c1-26-20(24)16-17(21(25)27-2)19(23)22(13-14-9-5-3-6-10-14)18(16)15-11-7-4-8-12-15/h3-12,16-18H,13H2,1-2H3/t16-,17-,18-/m1/s1. The van der Waals surface area contributed by atoms with Gasteiger partial charge < -0.3 is 14.4 Å². The SMILES string of the molecule is COC(=O)[C@H]1C(=O)N(Cc2ccccc2)[C@H](c2ccccc2)[C@@H]1C(=O)OC. The summed E-state index contributed by atoms with van der Waals surface area (Å²) < 4.78 is 9.75. The summed E-state index contributed by atoms with van der Waals surface area (Å²) in [5.41, 5.74) is 1.67. The van der Waals surface area contributed by atoms with Gasteiger partial charge in [-0.3, -0.25) is 14.4 Å². The molecule has 3 rings (SSSR count). The summed E-state index contributed by atoms with van der Waals surface area (Å²) in [7, 11) is 2.46. The van der Waals surface area contributed by atoms with E-state index in [0.717, 1.165) is 11.1 Å². The van der Waals surface area contributed by atoms with E-state index in [-0.39, 0.29) is 6.54 Å². The molecule has 1 aliphatic heterocycles. The molecule has 0 N–H and O–H groups in total. The number of esters is 2.